The summed E-state index contributed by atoms with van der Waals surface area (Å²) in [7, 11) is 0. The maximum absolute atomic E-state index is 9.50. The van der Waals surface area contributed by atoms with Crippen LogP contribution in [0.15, 0.2) is 47.8 Å². The Kier molecular flexibility index (Phi) is 2.86. The molecule has 0 aliphatic heterocycles. The molecule has 3 heteroatoms. The number of aliphatic hydroxyl groups is 1. The molecule has 1 aromatic heterocycles. The van der Waals surface area contributed by atoms with Gasteiger partial charge in [0.1, 0.15) is 5.01 Å². The third-order valence-electron chi connectivity index (χ3n) is 2.95. The van der Waals surface area contributed by atoms with Gasteiger partial charge in [-0.2, -0.15) is 0 Å². The predicted molar refractivity (Wildman–Crippen MR) is 75.7 cm³/mol. The summed E-state index contributed by atoms with van der Waals surface area (Å²) >= 11 is 1.57. The van der Waals surface area contributed by atoms with Gasteiger partial charge in [0.2, 0.25) is 0 Å². The lowest BCUT2D eigenvalue weighted by molar-refractivity contribution is 0.195. The fourth-order valence-corrected chi connectivity index (χ4v) is 2.84. The minimum Gasteiger partial charge on any atom is -0.387 e. The van der Waals surface area contributed by atoms with E-state index in [1.165, 1.54) is 10.8 Å². The number of aromatic nitrogens is 1. The third kappa shape index (κ3) is 2.03. The van der Waals surface area contributed by atoms with Crippen LogP contribution in [-0.4, -0.2) is 10.1 Å². The maximum Gasteiger partial charge on any atom is 0.123 e. The average molecular weight is 255 g/mol. The fourth-order valence-electron chi connectivity index (χ4n) is 1.93. The number of nitrogens with zero attached hydrogens (tertiary/aromatic N) is 1. The SMILES string of the molecule is CC(O)c1csc(-c2ccc3ccccc3c2)n1. The monoisotopic (exact) mass is 255 g/mol. The van der Waals surface area contributed by atoms with E-state index in [2.05, 4.69) is 35.3 Å². The zero-order valence-corrected chi connectivity index (χ0v) is 10.8. The normalized spacial score (nSPS) is 12.8. The predicted octanol–water partition coefficient (Wildman–Crippen LogP) is 4.02. The quantitative estimate of drug-likeness (QED) is 0.750. The zero-order valence-electron chi connectivity index (χ0n) is 10.00. The highest BCUT2D eigenvalue weighted by molar-refractivity contribution is 7.13. The molecule has 0 saturated heterocycles. The lowest BCUT2D eigenvalue weighted by atomic mass is 10.1. The number of rotatable bonds is 2. The molecule has 0 amide bonds. The molecule has 3 aromatic rings. The number of hydrogen-bond donors (Lipinski definition) is 1. The summed E-state index contributed by atoms with van der Waals surface area (Å²) in [6, 6.07) is 14.6. The van der Waals surface area contributed by atoms with Crippen molar-refractivity contribution >= 4 is 22.1 Å². The topological polar surface area (TPSA) is 33.1 Å². The van der Waals surface area contributed by atoms with Crippen molar-refractivity contribution in [3.8, 4) is 10.6 Å². The molecular weight excluding hydrogens is 242 g/mol. The molecule has 1 atom stereocenters. The van der Waals surface area contributed by atoms with Crippen molar-refractivity contribution in [2.24, 2.45) is 0 Å². The second kappa shape index (κ2) is 4.52. The molecule has 0 fully saturated rings. The Morgan fingerprint density at radius 3 is 2.61 bits per heavy atom. The summed E-state index contributed by atoms with van der Waals surface area (Å²) in [5.41, 5.74) is 1.84. The molecule has 0 radical (unpaired) electrons. The molecule has 0 aliphatic carbocycles. The summed E-state index contributed by atoms with van der Waals surface area (Å²) in [6.45, 7) is 1.74. The van der Waals surface area contributed by atoms with E-state index < -0.39 is 6.10 Å². The molecule has 2 aromatic carbocycles. The molecule has 18 heavy (non-hydrogen) atoms. The zero-order chi connectivity index (χ0) is 12.5. The van der Waals surface area contributed by atoms with Gasteiger partial charge in [-0.1, -0.05) is 36.4 Å². The van der Waals surface area contributed by atoms with Crippen LogP contribution in [0.4, 0.5) is 0 Å². The van der Waals surface area contributed by atoms with Crippen LogP contribution in [0.1, 0.15) is 18.7 Å². The molecule has 0 spiro atoms. The van der Waals surface area contributed by atoms with Crippen LogP contribution in [0.5, 0.6) is 0 Å². The standard InChI is InChI=1S/C15H13NOS/c1-10(17)14-9-18-15(16-14)13-7-6-11-4-2-3-5-12(11)8-13/h2-10,17H,1H3. The molecule has 90 valence electrons. The summed E-state index contributed by atoms with van der Waals surface area (Å²) in [5.74, 6) is 0. The molecule has 2 nitrogen and oxygen atoms in total. The van der Waals surface area contributed by atoms with Crippen molar-refractivity contribution in [2.75, 3.05) is 0 Å². The Bertz CT molecular complexity index is 688. The van der Waals surface area contributed by atoms with Crippen molar-refractivity contribution in [3.05, 3.63) is 53.5 Å². The van der Waals surface area contributed by atoms with Gasteiger partial charge >= 0.3 is 0 Å². The van der Waals surface area contributed by atoms with Crippen LogP contribution < -0.4 is 0 Å². The Labute approximate surface area is 110 Å². The molecule has 1 N–H and O–H groups in total. The van der Waals surface area contributed by atoms with E-state index in [-0.39, 0.29) is 0 Å². The van der Waals surface area contributed by atoms with Crippen molar-refractivity contribution < 1.29 is 5.11 Å². The summed E-state index contributed by atoms with van der Waals surface area (Å²) in [6.07, 6.45) is -0.504. The van der Waals surface area contributed by atoms with Crippen molar-refractivity contribution in [1.82, 2.24) is 4.98 Å². The van der Waals surface area contributed by atoms with E-state index in [0.29, 0.717) is 0 Å². The largest absolute Gasteiger partial charge is 0.387 e. The van der Waals surface area contributed by atoms with E-state index in [1.54, 1.807) is 18.3 Å². The van der Waals surface area contributed by atoms with E-state index in [4.69, 9.17) is 0 Å². The summed E-state index contributed by atoms with van der Waals surface area (Å²) < 4.78 is 0. The highest BCUT2D eigenvalue weighted by atomic mass is 32.1. The second-order valence-electron chi connectivity index (χ2n) is 4.32. The average Bonchev–Trinajstić information content (AvgIpc) is 2.88. The molecule has 1 unspecified atom stereocenters. The van der Waals surface area contributed by atoms with Gasteiger partial charge in [-0.05, 0) is 23.8 Å². The summed E-state index contributed by atoms with van der Waals surface area (Å²) in [4.78, 5) is 4.46. The van der Waals surface area contributed by atoms with E-state index in [0.717, 1.165) is 16.3 Å². The second-order valence-corrected chi connectivity index (χ2v) is 5.17. The molecule has 0 aliphatic rings. The van der Waals surface area contributed by atoms with E-state index in [1.807, 2.05) is 17.5 Å². The van der Waals surface area contributed by atoms with Gasteiger partial charge in [0.25, 0.3) is 0 Å². The van der Waals surface area contributed by atoms with Crippen LogP contribution in [0.3, 0.4) is 0 Å². The first-order chi connectivity index (χ1) is 8.74. The minimum atomic E-state index is -0.504. The van der Waals surface area contributed by atoms with E-state index in [9.17, 15) is 5.11 Å². The third-order valence-corrected chi connectivity index (χ3v) is 3.86. The number of aliphatic hydroxyl groups excluding tert-OH is 1. The van der Waals surface area contributed by atoms with Crippen molar-refractivity contribution in [1.29, 1.82) is 0 Å². The first-order valence-electron chi connectivity index (χ1n) is 5.87. The number of thiazole rings is 1. The van der Waals surface area contributed by atoms with Gasteiger partial charge < -0.3 is 5.11 Å². The molecule has 1 heterocycles. The van der Waals surface area contributed by atoms with Gasteiger partial charge in [0.05, 0.1) is 11.8 Å². The van der Waals surface area contributed by atoms with Gasteiger partial charge in [-0.25, -0.2) is 4.98 Å². The van der Waals surface area contributed by atoms with Crippen molar-refractivity contribution in [2.45, 2.75) is 13.0 Å². The fraction of sp³-hybridized carbons (Fsp3) is 0.133. The number of fused-ring (bicyclic) bond motifs is 1. The lowest BCUT2D eigenvalue weighted by Crippen LogP contribution is -1.90. The van der Waals surface area contributed by atoms with Gasteiger partial charge in [-0.15, -0.1) is 11.3 Å². The highest BCUT2D eigenvalue weighted by Crippen LogP contribution is 2.28. The smallest absolute Gasteiger partial charge is 0.123 e. The molecule has 0 bridgehead atoms. The maximum atomic E-state index is 9.50. The Balaban J connectivity index is 2.07. The number of hydrogen-bond acceptors (Lipinski definition) is 3. The van der Waals surface area contributed by atoms with Crippen LogP contribution in [0, 0.1) is 0 Å². The van der Waals surface area contributed by atoms with Gasteiger partial charge in [-0.3, -0.25) is 0 Å². The first-order valence-corrected chi connectivity index (χ1v) is 6.74. The van der Waals surface area contributed by atoms with Crippen LogP contribution >= 0.6 is 11.3 Å². The lowest BCUT2D eigenvalue weighted by Gasteiger charge is -2.01. The minimum absolute atomic E-state index is 0.504. The Morgan fingerprint density at radius 2 is 1.89 bits per heavy atom. The van der Waals surface area contributed by atoms with Crippen LogP contribution in [-0.2, 0) is 0 Å². The van der Waals surface area contributed by atoms with Crippen LogP contribution in [0.2, 0.25) is 0 Å². The Hall–Kier alpha value is -1.71. The Morgan fingerprint density at radius 1 is 1.11 bits per heavy atom. The molecule has 3 rings (SSSR count). The van der Waals surface area contributed by atoms with Gasteiger partial charge in [0, 0.05) is 10.9 Å². The molecular formula is C15H13NOS. The first kappa shape index (κ1) is 11.4. The summed E-state index contributed by atoms with van der Waals surface area (Å²) in [5, 5.41) is 14.8. The van der Waals surface area contributed by atoms with E-state index >= 15 is 0 Å². The van der Waals surface area contributed by atoms with Gasteiger partial charge in [0.15, 0.2) is 0 Å². The van der Waals surface area contributed by atoms with Crippen molar-refractivity contribution in [3.63, 3.8) is 0 Å². The number of benzene rings is 2. The highest BCUT2D eigenvalue weighted by Gasteiger charge is 2.08. The van der Waals surface area contributed by atoms with Crippen LogP contribution in [0.25, 0.3) is 21.3 Å². The molecule has 0 saturated carbocycles.